The van der Waals surface area contributed by atoms with E-state index in [4.69, 9.17) is 5.73 Å². The van der Waals surface area contributed by atoms with E-state index in [1.165, 1.54) is 55.2 Å². The summed E-state index contributed by atoms with van der Waals surface area (Å²) in [6, 6.07) is 9.35. The number of fused-ring (bicyclic) bond motifs is 6. The van der Waals surface area contributed by atoms with E-state index in [-0.39, 0.29) is 5.54 Å². The first-order chi connectivity index (χ1) is 10.7. The maximum absolute atomic E-state index is 6.81. The summed E-state index contributed by atoms with van der Waals surface area (Å²) in [6.45, 7) is 2.27. The number of aromatic amines is 1. The number of nitrogens with one attached hydrogen (secondary N) is 1. The second kappa shape index (κ2) is 4.59. The fraction of sp³-hybridized carbons (Fsp3) is 0.579. The summed E-state index contributed by atoms with van der Waals surface area (Å²) in [5.74, 6) is 0.708. The van der Waals surface area contributed by atoms with Crippen molar-refractivity contribution in [2.45, 2.75) is 50.1 Å². The lowest BCUT2D eigenvalue weighted by atomic mass is 9.66. The minimum Gasteiger partial charge on any atom is -0.357 e. The molecule has 1 saturated heterocycles. The van der Waals surface area contributed by atoms with Crippen molar-refractivity contribution in [1.82, 2.24) is 9.88 Å². The predicted octanol–water partition coefficient (Wildman–Crippen LogP) is 3.36. The van der Waals surface area contributed by atoms with Crippen LogP contribution in [0.3, 0.4) is 0 Å². The van der Waals surface area contributed by atoms with Crippen LogP contribution in [0.25, 0.3) is 10.9 Å². The predicted molar refractivity (Wildman–Crippen MR) is 89.8 cm³/mol. The number of hydrogen-bond donors (Lipinski definition) is 2. The summed E-state index contributed by atoms with van der Waals surface area (Å²) in [6.07, 6.45) is 7.66. The molecule has 3 unspecified atom stereocenters. The van der Waals surface area contributed by atoms with Crippen LogP contribution >= 0.6 is 0 Å². The standard InChI is InChI=1S/C19H25N3/c20-19-9-4-3-5-13(19)11-17-18-15(8-10-22(17)12-19)14-6-1-2-7-16(14)21-18/h1-2,6-7,13,17,21H,3-5,8-12,20H2. The summed E-state index contributed by atoms with van der Waals surface area (Å²) in [7, 11) is 0. The molecule has 2 fully saturated rings. The molecule has 3 atom stereocenters. The van der Waals surface area contributed by atoms with Crippen molar-refractivity contribution >= 4 is 10.9 Å². The Hall–Kier alpha value is -1.32. The van der Waals surface area contributed by atoms with Gasteiger partial charge >= 0.3 is 0 Å². The van der Waals surface area contributed by atoms with E-state index in [0.717, 1.165) is 13.0 Å². The van der Waals surface area contributed by atoms with Gasteiger partial charge in [-0.2, -0.15) is 0 Å². The molecule has 0 spiro atoms. The van der Waals surface area contributed by atoms with Crippen LogP contribution < -0.4 is 5.73 Å². The zero-order valence-electron chi connectivity index (χ0n) is 13.1. The van der Waals surface area contributed by atoms with E-state index in [9.17, 15) is 0 Å². The van der Waals surface area contributed by atoms with Gasteiger partial charge in [-0.25, -0.2) is 0 Å². The Morgan fingerprint density at radius 1 is 1.23 bits per heavy atom. The Kier molecular flexibility index (Phi) is 2.74. The molecule has 0 bridgehead atoms. The average Bonchev–Trinajstić information content (AvgIpc) is 2.91. The third-order valence-electron chi connectivity index (χ3n) is 6.53. The van der Waals surface area contributed by atoms with E-state index in [2.05, 4.69) is 34.1 Å². The van der Waals surface area contributed by atoms with Gasteiger partial charge in [0.15, 0.2) is 0 Å². The smallest absolute Gasteiger partial charge is 0.0505 e. The van der Waals surface area contributed by atoms with Crippen molar-refractivity contribution in [1.29, 1.82) is 0 Å². The van der Waals surface area contributed by atoms with E-state index < -0.39 is 0 Å². The van der Waals surface area contributed by atoms with Gasteiger partial charge in [0.1, 0.15) is 0 Å². The Morgan fingerprint density at radius 2 is 2.14 bits per heavy atom. The maximum atomic E-state index is 6.81. The molecule has 3 nitrogen and oxygen atoms in total. The van der Waals surface area contributed by atoms with Crippen molar-refractivity contribution in [3.63, 3.8) is 0 Å². The Morgan fingerprint density at radius 3 is 3.09 bits per heavy atom. The minimum absolute atomic E-state index is 0.0816. The highest BCUT2D eigenvalue weighted by Gasteiger charge is 2.47. The van der Waals surface area contributed by atoms with Crippen LogP contribution in [0.1, 0.15) is 49.4 Å². The van der Waals surface area contributed by atoms with Crippen LogP contribution in [0.4, 0.5) is 0 Å². The molecule has 1 saturated carbocycles. The number of nitrogens with two attached hydrogens (primary N) is 1. The fourth-order valence-corrected chi connectivity index (χ4v) is 5.37. The second-order valence-electron chi connectivity index (χ2n) is 7.71. The van der Waals surface area contributed by atoms with Gasteiger partial charge in [-0.3, -0.25) is 4.90 Å². The lowest BCUT2D eigenvalue weighted by molar-refractivity contribution is 0.0106. The number of aromatic nitrogens is 1. The highest BCUT2D eigenvalue weighted by Crippen LogP contribution is 2.47. The Bertz CT molecular complexity index is 719. The molecule has 3 heterocycles. The third-order valence-corrected chi connectivity index (χ3v) is 6.53. The molecule has 0 amide bonds. The lowest BCUT2D eigenvalue weighted by Crippen LogP contribution is -2.62. The number of nitrogens with zero attached hydrogens (tertiary/aromatic N) is 1. The summed E-state index contributed by atoms with van der Waals surface area (Å²) in [4.78, 5) is 6.41. The molecular formula is C19H25N3. The topological polar surface area (TPSA) is 45.1 Å². The van der Waals surface area contributed by atoms with Gasteiger partial charge in [-0.15, -0.1) is 0 Å². The van der Waals surface area contributed by atoms with E-state index in [1.54, 1.807) is 5.56 Å². The molecule has 22 heavy (non-hydrogen) atoms. The molecule has 5 rings (SSSR count). The molecular weight excluding hydrogens is 270 g/mol. The van der Waals surface area contributed by atoms with Crippen LogP contribution in [-0.2, 0) is 6.42 Å². The van der Waals surface area contributed by atoms with Crippen LogP contribution in [0.2, 0.25) is 0 Å². The molecule has 2 aliphatic heterocycles. The quantitative estimate of drug-likeness (QED) is 0.783. The molecule has 1 aromatic carbocycles. The van der Waals surface area contributed by atoms with Gasteiger partial charge in [0.05, 0.1) is 6.04 Å². The Balaban J connectivity index is 1.57. The first-order valence-electron chi connectivity index (χ1n) is 8.87. The average molecular weight is 295 g/mol. The van der Waals surface area contributed by atoms with Gasteiger partial charge in [0.25, 0.3) is 0 Å². The van der Waals surface area contributed by atoms with E-state index in [0.29, 0.717) is 12.0 Å². The van der Waals surface area contributed by atoms with Crippen molar-refractivity contribution in [2.75, 3.05) is 13.1 Å². The van der Waals surface area contributed by atoms with Crippen LogP contribution in [0.5, 0.6) is 0 Å². The van der Waals surface area contributed by atoms with Crippen molar-refractivity contribution in [2.24, 2.45) is 11.7 Å². The lowest BCUT2D eigenvalue weighted by Gasteiger charge is -2.53. The highest BCUT2D eigenvalue weighted by molar-refractivity contribution is 5.85. The zero-order valence-corrected chi connectivity index (χ0v) is 13.1. The fourth-order valence-electron chi connectivity index (χ4n) is 5.37. The normalized spacial score (nSPS) is 35.0. The number of piperidine rings is 1. The van der Waals surface area contributed by atoms with Gasteiger partial charge in [-0.05, 0) is 43.2 Å². The van der Waals surface area contributed by atoms with Crippen molar-refractivity contribution < 1.29 is 0 Å². The van der Waals surface area contributed by atoms with Crippen molar-refractivity contribution in [3.8, 4) is 0 Å². The number of para-hydroxylation sites is 1. The number of rotatable bonds is 0. The third kappa shape index (κ3) is 1.76. The minimum atomic E-state index is 0.0816. The monoisotopic (exact) mass is 295 g/mol. The largest absolute Gasteiger partial charge is 0.357 e. The summed E-state index contributed by atoms with van der Waals surface area (Å²) in [5, 5.41) is 1.44. The zero-order chi connectivity index (χ0) is 14.7. The van der Waals surface area contributed by atoms with Gasteiger partial charge in [0, 0.05) is 35.2 Å². The molecule has 3 N–H and O–H groups in total. The molecule has 1 aliphatic carbocycles. The molecule has 3 heteroatoms. The van der Waals surface area contributed by atoms with Gasteiger partial charge in [0.2, 0.25) is 0 Å². The molecule has 2 aromatic rings. The van der Waals surface area contributed by atoms with Gasteiger partial charge < -0.3 is 10.7 Å². The molecule has 3 aliphatic rings. The summed E-state index contributed by atoms with van der Waals surface area (Å²) in [5.41, 5.74) is 11.3. The van der Waals surface area contributed by atoms with Crippen molar-refractivity contribution in [3.05, 3.63) is 35.5 Å². The summed E-state index contributed by atoms with van der Waals surface area (Å²) < 4.78 is 0. The first kappa shape index (κ1) is 13.1. The molecule has 0 radical (unpaired) electrons. The van der Waals surface area contributed by atoms with E-state index in [1.807, 2.05) is 0 Å². The van der Waals surface area contributed by atoms with Crippen LogP contribution in [0, 0.1) is 5.92 Å². The number of benzene rings is 1. The SMILES string of the molecule is NC12CCCCC1CC1c3[nH]c4ccccc4c3CCN1C2. The Labute approximate surface area is 131 Å². The van der Waals surface area contributed by atoms with Gasteiger partial charge in [-0.1, -0.05) is 31.0 Å². The number of hydrogen-bond acceptors (Lipinski definition) is 2. The van der Waals surface area contributed by atoms with Crippen LogP contribution in [-0.4, -0.2) is 28.5 Å². The maximum Gasteiger partial charge on any atom is 0.0505 e. The van der Waals surface area contributed by atoms with Crippen LogP contribution in [0.15, 0.2) is 24.3 Å². The molecule has 1 aromatic heterocycles. The highest BCUT2D eigenvalue weighted by atomic mass is 15.2. The second-order valence-corrected chi connectivity index (χ2v) is 7.71. The first-order valence-corrected chi connectivity index (χ1v) is 8.87. The number of H-pyrrole nitrogens is 1. The molecule has 116 valence electrons. The van der Waals surface area contributed by atoms with E-state index >= 15 is 0 Å². The summed E-state index contributed by atoms with van der Waals surface area (Å²) >= 11 is 0.